The van der Waals surface area contributed by atoms with Crippen LogP contribution in [-0.4, -0.2) is 9.97 Å². The fourth-order valence-electron chi connectivity index (χ4n) is 1.27. The number of benzene rings is 1. The molecule has 9 heteroatoms. The predicted octanol–water partition coefficient (Wildman–Crippen LogP) is 3.01. The number of aromatic nitrogens is 2. The fourth-order valence-corrected chi connectivity index (χ4v) is 1.42. The summed E-state index contributed by atoms with van der Waals surface area (Å²) in [5.74, 6) is -6.76. The van der Waals surface area contributed by atoms with Gasteiger partial charge in [0.15, 0.2) is 29.1 Å². The summed E-state index contributed by atoms with van der Waals surface area (Å²) >= 11 is 5.68. The van der Waals surface area contributed by atoms with Crippen LogP contribution in [0.5, 0.6) is 0 Å². The van der Waals surface area contributed by atoms with Crippen molar-refractivity contribution in [2.24, 2.45) is 0 Å². The maximum Gasteiger partial charge on any atom is 0.185 e. The van der Waals surface area contributed by atoms with Gasteiger partial charge in [0.25, 0.3) is 0 Å². The van der Waals surface area contributed by atoms with Crippen molar-refractivity contribution in [3.05, 3.63) is 40.7 Å². The van der Waals surface area contributed by atoms with Gasteiger partial charge >= 0.3 is 0 Å². The molecular weight excluding hydrogens is 288 g/mol. The highest BCUT2D eigenvalue weighted by atomic mass is 35.5. The molecule has 2 rings (SSSR count). The van der Waals surface area contributed by atoms with Gasteiger partial charge in [0.05, 0.1) is 0 Å². The summed E-state index contributed by atoms with van der Waals surface area (Å²) in [5, 5.41) is 1.81. The molecule has 1 aromatic carbocycles. The number of anilines is 3. The summed E-state index contributed by atoms with van der Waals surface area (Å²) in [4.78, 5) is 7.08. The molecule has 0 unspecified atom stereocenters. The van der Waals surface area contributed by atoms with Crippen molar-refractivity contribution in [3.8, 4) is 0 Å². The molecule has 0 fully saturated rings. The van der Waals surface area contributed by atoms with Gasteiger partial charge in [-0.1, -0.05) is 11.6 Å². The van der Waals surface area contributed by atoms with Gasteiger partial charge in [-0.2, -0.15) is 0 Å². The van der Waals surface area contributed by atoms with E-state index in [1.807, 2.05) is 5.32 Å². The highest BCUT2D eigenvalue weighted by Gasteiger charge is 2.20. The van der Waals surface area contributed by atoms with Gasteiger partial charge in [-0.25, -0.2) is 27.5 Å². The van der Waals surface area contributed by atoms with Crippen LogP contribution in [0.4, 0.5) is 34.9 Å². The summed E-state index contributed by atoms with van der Waals surface area (Å²) in [6.45, 7) is 0. The molecular formula is C10H5ClF4N4. The van der Waals surface area contributed by atoms with Crippen LogP contribution in [-0.2, 0) is 0 Å². The average Bonchev–Trinajstić information content (AvgIpc) is 2.37. The van der Waals surface area contributed by atoms with Gasteiger partial charge in [0.2, 0.25) is 0 Å². The molecule has 4 nitrogen and oxygen atoms in total. The molecule has 1 aromatic heterocycles. The molecule has 19 heavy (non-hydrogen) atoms. The Bertz CT molecular complexity index is 624. The van der Waals surface area contributed by atoms with Crippen molar-refractivity contribution in [2.45, 2.75) is 0 Å². The summed E-state index contributed by atoms with van der Waals surface area (Å²) in [6.07, 6.45) is 0.967. The quantitative estimate of drug-likeness (QED) is 0.660. The molecule has 0 saturated heterocycles. The second kappa shape index (κ2) is 4.88. The Hall–Kier alpha value is -2.09. The lowest BCUT2D eigenvalue weighted by Crippen LogP contribution is -2.05. The van der Waals surface area contributed by atoms with Gasteiger partial charge in [-0.3, -0.25) is 0 Å². The van der Waals surface area contributed by atoms with E-state index in [0.717, 1.165) is 6.33 Å². The van der Waals surface area contributed by atoms with E-state index in [1.165, 1.54) is 0 Å². The van der Waals surface area contributed by atoms with Crippen molar-refractivity contribution in [1.82, 2.24) is 9.97 Å². The van der Waals surface area contributed by atoms with Crippen molar-refractivity contribution < 1.29 is 17.6 Å². The number of nitrogens with zero attached hydrogens (tertiary/aromatic N) is 2. The molecule has 0 spiro atoms. The van der Waals surface area contributed by atoms with Crippen LogP contribution in [0.2, 0.25) is 5.02 Å². The second-order valence-corrected chi connectivity index (χ2v) is 3.77. The lowest BCUT2D eigenvalue weighted by Gasteiger charge is -2.10. The monoisotopic (exact) mass is 292 g/mol. The first-order valence-corrected chi connectivity index (χ1v) is 5.15. The van der Waals surface area contributed by atoms with Crippen LogP contribution >= 0.6 is 11.6 Å². The van der Waals surface area contributed by atoms with E-state index in [0.29, 0.717) is 0 Å². The Morgan fingerprint density at radius 3 is 2.21 bits per heavy atom. The first-order valence-electron chi connectivity index (χ1n) is 4.77. The first-order chi connectivity index (χ1) is 8.91. The molecule has 0 amide bonds. The Balaban J connectivity index is 2.52. The van der Waals surface area contributed by atoms with E-state index >= 15 is 0 Å². The number of rotatable bonds is 2. The van der Waals surface area contributed by atoms with Crippen LogP contribution in [0.15, 0.2) is 12.4 Å². The van der Waals surface area contributed by atoms with Crippen LogP contribution in [0.3, 0.4) is 0 Å². The van der Waals surface area contributed by atoms with Gasteiger partial charge in [-0.15, -0.1) is 0 Å². The van der Waals surface area contributed by atoms with Crippen LogP contribution < -0.4 is 11.1 Å². The maximum atomic E-state index is 13.4. The van der Waals surface area contributed by atoms with Gasteiger partial charge in [0.1, 0.15) is 22.9 Å². The van der Waals surface area contributed by atoms with Crippen LogP contribution in [0.1, 0.15) is 0 Å². The third-order valence-electron chi connectivity index (χ3n) is 2.17. The smallest absolute Gasteiger partial charge is 0.185 e. The van der Waals surface area contributed by atoms with E-state index in [9.17, 15) is 17.6 Å². The molecule has 2 aromatic rings. The number of hydrogen-bond acceptors (Lipinski definition) is 4. The summed E-state index contributed by atoms with van der Waals surface area (Å²) < 4.78 is 52.8. The molecule has 0 aliphatic carbocycles. The summed E-state index contributed by atoms with van der Waals surface area (Å²) in [6, 6.07) is 0.0891. The third-order valence-corrected chi connectivity index (χ3v) is 2.54. The standard InChI is InChI=1S/C10H5ClF4N4/c11-5-9(16)17-2-18-10(5)19-8-6(14)3(12)1-4(13)7(8)15/h1-2H,(H3,16,17,18,19). The van der Waals surface area contributed by atoms with E-state index in [1.54, 1.807) is 0 Å². The Morgan fingerprint density at radius 2 is 1.63 bits per heavy atom. The lowest BCUT2D eigenvalue weighted by molar-refractivity contribution is 0.459. The largest absolute Gasteiger partial charge is 0.382 e. The predicted molar refractivity (Wildman–Crippen MR) is 61.0 cm³/mol. The number of nitrogen functional groups attached to an aromatic ring is 1. The highest BCUT2D eigenvalue weighted by Crippen LogP contribution is 2.31. The zero-order chi connectivity index (χ0) is 14.2. The van der Waals surface area contributed by atoms with Crippen molar-refractivity contribution in [3.63, 3.8) is 0 Å². The van der Waals surface area contributed by atoms with Gasteiger partial charge < -0.3 is 11.1 Å². The Kier molecular flexibility index (Phi) is 3.43. The third kappa shape index (κ3) is 2.39. The fraction of sp³-hybridized carbons (Fsp3) is 0. The first kappa shape index (κ1) is 13.3. The molecule has 3 N–H and O–H groups in total. The molecule has 0 atom stereocenters. The Morgan fingerprint density at radius 1 is 1.05 bits per heavy atom. The van der Waals surface area contributed by atoms with E-state index in [2.05, 4.69) is 9.97 Å². The minimum Gasteiger partial charge on any atom is -0.382 e. The molecule has 0 saturated carbocycles. The van der Waals surface area contributed by atoms with Crippen molar-refractivity contribution in [2.75, 3.05) is 11.1 Å². The number of halogens is 5. The minimum atomic E-state index is -1.60. The highest BCUT2D eigenvalue weighted by molar-refractivity contribution is 6.35. The lowest BCUT2D eigenvalue weighted by atomic mass is 10.2. The molecule has 100 valence electrons. The molecule has 0 aliphatic rings. The second-order valence-electron chi connectivity index (χ2n) is 3.39. The Labute approximate surface area is 109 Å². The minimum absolute atomic E-state index is 0.0891. The SMILES string of the molecule is Nc1ncnc(Nc2c(F)c(F)cc(F)c2F)c1Cl. The molecule has 0 aliphatic heterocycles. The molecule has 0 bridgehead atoms. The average molecular weight is 293 g/mol. The summed E-state index contributed by atoms with van der Waals surface area (Å²) in [7, 11) is 0. The normalized spacial score (nSPS) is 10.6. The molecule has 1 heterocycles. The van der Waals surface area contributed by atoms with Gasteiger partial charge in [0, 0.05) is 6.07 Å². The maximum absolute atomic E-state index is 13.4. The van der Waals surface area contributed by atoms with E-state index in [-0.39, 0.29) is 22.7 Å². The molecule has 0 radical (unpaired) electrons. The van der Waals surface area contributed by atoms with Crippen molar-refractivity contribution >= 4 is 28.9 Å². The van der Waals surface area contributed by atoms with E-state index < -0.39 is 29.0 Å². The summed E-state index contributed by atoms with van der Waals surface area (Å²) in [5.41, 5.74) is 4.29. The van der Waals surface area contributed by atoms with Gasteiger partial charge in [-0.05, 0) is 0 Å². The van der Waals surface area contributed by atoms with E-state index in [4.69, 9.17) is 17.3 Å². The number of nitrogens with one attached hydrogen (secondary N) is 1. The topological polar surface area (TPSA) is 63.8 Å². The number of nitrogens with two attached hydrogens (primary N) is 1. The zero-order valence-corrected chi connectivity index (χ0v) is 9.77. The zero-order valence-electron chi connectivity index (χ0n) is 9.02. The van der Waals surface area contributed by atoms with Crippen LogP contribution in [0.25, 0.3) is 0 Å². The number of hydrogen-bond donors (Lipinski definition) is 2. The van der Waals surface area contributed by atoms with Crippen LogP contribution in [0, 0.1) is 23.3 Å². The van der Waals surface area contributed by atoms with Crippen molar-refractivity contribution in [1.29, 1.82) is 0 Å².